The second-order valence-electron chi connectivity index (χ2n) is 16.3. The minimum Gasteiger partial charge on any atom is -0.472 e. The van der Waals surface area contributed by atoms with Crippen LogP contribution in [0.15, 0.2) is 55.6 Å². The number of rotatable bonds is 14. The van der Waals surface area contributed by atoms with Gasteiger partial charge in [0, 0.05) is 24.1 Å². The fourth-order valence-corrected chi connectivity index (χ4v) is 8.69. The molecule has 20 heteroatoms. The van der Waals surface area contributed by atoms with E-state index >= 15 is 0 Å². The van der Waals surface area contributed by atoms with Crippen LogP contribution in [0, 0.1) is 17.2 Å². The number of hydrogen-bond donors (Lipinski definition) is 4. The maximum atomic E-state index is 14.6. The molecule has 1 aromatic carbocycles. The summed E-state index contributed by atoms with van der Waals surface area (Å²) in [5.41, 5.74) is -1.98. The largest absolute Gasteiger partial charge is 0.472 e. The first-order valence-corrected chi connectivity index (χ1v) is 20.8. The predicted octanol–water partition coefficient (Wildman–Crippen LogP) is 3.04. The van der Waals surface area contributed by atoms with Gasteiger partial charge in [0.2, 0.25) is 33.7 Å². The molecular formula is C38H47FN10O8S. The number of anilines is 2. The highest BCUT2D eigenvalue weighted by molar-refractivity contribution is 7.91. The van der Waals surface area contributed by atoms with Crippen molar-refractivity contribution in [3.63, 3.8) is 0 Å². The van der Waals surface area contributed by atoms with Crippen LogP contribution in [-0.4, -0.2) is 103 Å². The van der Waals surface area contributed by atoms with Crippen molar-refractivity contribution in [2.45, 2.75) is 107 Å². The number of amides is 4. The van der Waals surface area contributed by atoms with E-state index in [1.807, 2.05) is 0 Å². The van der Waals surface area contributed by atoms with Gasteiger partial charge in [-0.3, -0.25) is 19.1 Å². The van der Waals surface area contributed by atoms with Gasteiger partial charge in [0.25, 0.3) is 5.91 Å². The average Bonchev–Trinajstić information content (AvgIpc) is 3.92. The molecule has 5 atom stereocenters. The van der Waals surface area contributed by atoms with Gasteiger partial charge in [0.15, 0.2) is 5.82 Å². The maximum absolute atomic E-state index is 14.6. The zero-order valence-corrected chi connectivity index (χ0v) is 33.2. The molecule has 4 amide bonds. The van der Waals surface area contributed by atoms with Gasteiger partial charge in [-0.15, -0.1) is 6.58 Å². The summed E-state index contributed by atoms with van der Waals surface area (Å²) < 4.78 is 54.7. The van der Waals surface area contributed by atoms with Crippen LogP contribution in [0.25, 0.3) is 5.82 Å². The van der Waals surface area contributed by atoms with E-state index < -0.39 is 80.0 Å². The summed E-state index contributed by atoms with van der Waals surface area (Å²) in [6, 6.07) is 4.63. The highest BCUT2D eigenvalue weighted by Crippen LogP contribution is 2.45. The molecule has 3 saturated carbocycles. The van der Waals surface area contributed by atoms with Gasteiger partial charge in [0.05, 0.1) is 11.8 Å². The molecule has 0 radical (unpaired) electrons. The van der Waals surface area contributed by atoms with E-state index in [9.17, 15) is 32.0 Å². The Labute approximate surface area is 334 Å². The maximum Gasteiger partial charge on any atom is 0.408 e. The molecule has 1 saturated heterocycles. The highest BCUT2D eigenvalue weighted by Gasteiger charge is 2.62. The van der Waals surface area contributed by atoms with Gasteiger partial charge in [-0.25, -0.2) is 27.3 Å². The lowest BCUT2D eigenvalue weighted by atomic mass is 9.85. The quantitative estimate of drug-likeness (QED) is 0.172. The number of ether oxygens (including phenoxy) is 2. The number of nitrogens with one attached hydrogen (secondary N) is 4. The number of carbonyl (C=O) groups is 4. The normalized spacial score (nSPS) is 23.7. The first-order valence-electron chi connectivity index (χ1n) is 19.3. The predicted molar refractivity (Wildman–Crippen MR) is 206 cm³/mol. The molecule has 0 unspecified atom stereocenters. The molecule has 4 fully saturated rings. The molecule has 18 nitrogen and oxygen atoms in total. The number of carbonyl (C=O) groups excluding carboxylic acids is 4. The molecule has 4 N–H and O–H groups in total. The molecule has 3 heterocycles. The third-order valence-corrected chi connectivity index (χ3v) is 12.6. The molecule has 58 heavy (non-hydrogen) atoms. The molecule has 3 aromatic rings. The molecule has 4 aliphatic rings. The van der Waals surface area contributed by atoms with E-state index in [-0.39, 0.29) is 43.1 Å². The Morgan fingerprint density at radius 3 is 2.40 bits per heavy atom. The first-order chi connectivity index (χ1) is 27.5. The van der Waals surface area contributed by atoms with Crippen molar-refractivity contribution >= 4 is 45.5 Å². The third-order valence-electron chi connectivity index (χ3n) is 10.8. The molecule has 1 aliphatic heterocycles. The Morgan fingerprint density at radius 2 is 1.78 bits per heavy atom. The van der Waals surface area contributed by atoms with Crippen LogP contribution in [0.4, 0.5) is 20.8 Å². The Hall–Kier alpha value is -5.66. The monoisotopic (exact) mass is 822 g/mol. The van der Waals surface area contributed by atoms with E-state index in [0.717, 1.165) is 25.7 Å². The summed E-state index contributed by atoms with van der Waals surface area (Å²) in [6.07, 6.45) is 6.51. The van der Waals surface area contributed by atoms with Crippen molar-refractivity contribution in [1.82, 2.24) is 45.0 Å². The van der Waals surface area contributed by atoms with Crippen LogP contribution in [0.3, 0.4) is 0 Å². The summed E-state index contributed by atoms with van der Waals surface area (Å²) in [4.78, 5) is 70.0. The van der Waals surface area contributed by atoms with Gasteiger partial charge >= 0.3 is 6.09 Å². The summed E-state index contributed by atoms with van der Waals surface area (Å²) in [5.74, 6) is -2.86. The number of aromatic nitrogens is 5. The number of alkyl carbamates (subject to hydrolysis) is 1. The Bertz CT molecular complexity index is 2160. The summed E-state index contributed by atoms with van der Waals surface area (Å²) in [5, 5.41) is 12.0. The second kappa shape index (κ2) is 15.9. The molecule has 0 bridgehead atoms. The molecule has 3 aliphatic carbocycles. The fraction of sp³-hybridized carbons (Fsp3) is 0.526. The molecule has 7 rings (SSSR count). The van der Waals surface area contributed by atoms with Crippen LogP contribution >= 0.6 is 0 Å². The molecule has 2 aromatic heterocycles. The van der Waals surface area contributed by atoms with Crippen molar-refractivity contribution < 1.29 is 41.5 Å². The van der Waals surface area contributed by atoms with Crippen LogP contribution in [0.2, 0.25) is 0 Å². The number of hydrogen-bond acceptors (Lipinski definition) is 13. The smallest absolute Gasteiger partial charge is 0.408 e. The zero-order chi connectivity index (χ0) is 41.4. The van der Waals surface area contributed by atoms with Crippen LogP contribution in [-0.2, 0) is 29.1 Å². The standard InChI is InChI=1S/C38H47FN10O8S/c1-5-22-18-38(22,34(52)47-58(54,55)27-14-15-27)46-32(50)28-16-26(19-48(28)33(51)31(37(2,3)4)45-36(53)57-25-8-6-7-9-25)56-30-17-29(49-21-40-20-41-49)43-35(44-30)42-24-12-10-23(39)11-13-24/h5,10-13,17,20-22,25-28,31H,1,6-9,14-16,18-19H2,2-4H3,(H,45,53)(H,46,50)(H,47,52)(H,42,43,44)/t22-,26-,28+,31-,38-/m1/s1. The van der Waals surface area contributed by atoms with Crippen molar-refractivity contribution in [2.75, 3.05) is 11.9 Å². The number of nitrogens with zero attached hydrogens (tertiary/aromatic N) is 6. The van der Waals surface area contributed by atoms with Gasteiger partial charge in [-0.1, -0.05) is 26.8 Å². The Kier molecular flexibility index (Phi) is 11.1. The Balaban J connectivity index is 1.17. The van der Waals surface area contributed by atoms with E-state index in [1.165, 1.54) is 58.6 Å². The molecule has 0 spiro atoms. The third kappa shape index (κ3) is 9.05. The average molecular weight is 823 g/mol. The SMILES string of the molecule is C=C[C@@H]1C[C@]1(NC(=O)[C@@H]1C[C@@H](Oc2cc(-n3cncn3)nc(Nc3ccc(F)cc3)n2)CN1C(=O)[C@@H](NC(=O)OC1CCCC1)C(C)(C)C)C(=O)NS(=O)(=O)C1CC1. The van der Waals surface area contributed by atoms with Gasteiger partial charge in [0.1, 0.15) is 48.3 Å². The van der Waals surface area contributed by atoms with Gasteiger partial charge in [-0.05, 0) is 74.6 Å². The molecule has 310 valence electrons. The van der Waals surface area contributed by atoms with Gasteiger partial charge in [-0.2, -0.15) is 15.1 Å². The van der Waals surface area contributed by atoms with Crippen LogP contribution in [0.1, 0.15) is 72.1 Å². The number of sulfonamides is 1. The minimum absolute atomic E-state index is 0.0317. The van der Waals surface area contributed by atoms with E-state index in [0.29, 0.717) is 18.5 Å². The van der Waals surface area contributed by atoms with Crippen LogP contribution < -0.4 is 25.4 Å². The van der Waals surface area contributed by atoms with Gasteiger partial charge < -0.3 is 30.3 Å². The lowest BCUT2D eigenvalue weighted by Gasteiger charge is -2.35. The molecular weight excluding hydrogens is 776 g/mol. The van der Waals surface area contributed by atoms with Crippen LogP contribution in [0.5, 0.6) is 5.88 Å². The zero-order valence-electron chi connectivity index (χ0n) is 32.4. The summed E-state index contributed by atoms with van der Waals surface area (Å²) in [6.45, 7) is 8.93. The van der Waals surface area contributed by atoms with E-state index in [2.05, 4.69) is 47.3 Å². The van der Waals surface area contributed by atoms with Crippen molar-refractivity contribution in [2.24, 2.45) is 11.3 Å². The summed E-state index contributed by atoms with van der Waals surface area (Å²) >= 11 is 0. The van der Waals surface area contributed by atoms with E-state index in [1.54, 1.807) is 20.8 Å². The number of benzene rings is 1. The highest BCUT2D eigenvalue weighted by atomic mass is 32.2. The number of likely N-dealkylation sites (tertiary alicyclic amines) is 1. The van der Waals surface area contributed by atoms with Crippen molar-refractivity contribution in [1.29, 1.82) is 0 Å². The summed E-state index contributed by atoms with van der Waals surface area (Å²) in [7, 11) is -3.94. The van der Waals surface area contributed by atoms with E-state index in [4.69, 9.17) is 9.47 Å². The first kappa shape index (κ1) is 40.5. The lowest BCUT2D eigenvalue weighted by Crippen LogP contribution is -2.60. The minimum atomic E-state index is -3.94. The number of halogens is 1. The lowest BCUT2D eigenvalue weighted by molar-refractivity contribution is -0.143. The van der Waals surface area contributed by atoms with Crippen molar-refractivity contribution in [3.8, 4) is 11.7 Å². The topological polar surface area (TPSA) is 229 Å². The second-order valence-corrected chi connectivity index (χ2v) is 18.2. The fourth-order valence-electron chi connectivity index (χ4n) is 7.32. The Morgan fingerprint density at radius 1 is 1.05 bits per heavy atom. The van der Waals surface area contributed by atoms with Crippen molar-refractivity contribution in [3.05, 3.63) is 61.5 Å².